The molecule has 2 aromatic carbocycles. The third-order valence-electron chi connectivity index (χ3n) is 5.84. The molecule has 0 aromatic heterocycles. The normalized spacial score (nSPS) is 21.2. The Morgan fingerprint density at radius 3 is 2.73 bits per heavy atom. The first-order valence-electron chi connectivity index (χ1n) is 10.0. The predicted octanol–water partition coefficient (Wildman–Crippen LogP) is 2.63. The summed E-state index contributed by atoms with van der Waals surface area (Å²) in [5, 5.41) is 20.2. The summed E-state index contributed by atoms with van der Waals surface area (Å²) < 4.78 is 25.4. The Balaban J connectivity index is 1.68. The number of hydrogen-bond donors (Lipinski definition) is 3. The van der Waals surface area contributed by atoms with E-state index in [4.69, 9.17) is 14.7 Å². The van der Waals surface area contributed by atoms with E-state index in [1.807, 2.05) is 11.0 Å². The van der Waals surface area contributed by atoms with Gasteiger partial charge in [0.15, 0.2) is 0 Å². The van der Waals surface area contributed by atoms with Gasteiger partial charge in [-0.1, -0.05) is 18.2 Å². The van der Waals surface area contributed by atoms with Crippen molar-refractivity contribution < 1.29 is 29.0 Å². The second kappa shape index (κ2) is 9.09. The molecule has 0 spiro atoms. The summed E-state index contributed by atoms with van der Waals surface area (Å²) in [5.41, 5.74) is 3.39. The lowest BCUT2D eigenvalue weighted by atomic mass is 9.95. The number of aliphatic hydroxyl groups is 1. The number of hydrogen-bond acceptors (Lipinski definition) is 6. The lowest BCUT2D eigenvalue weighted by molar-refractivity contribution is -0.0997. The summed E-state index contributed by atoms with van der Waals surface area (Å²) in [4.78, 5) is 13.7. The van der Waals surface area contributed by atoms with Crippen LogP contribution < -0.4 is 10.2 Å². The van der Waals surface area contributed by atoms with Crippen LogP contribution in [0.1, 0.15) is 40.4 Å². The van der Waals surface area contributed by atoms with E-state index in [0.717, 1.165) is 18.4 Å². The average molecular weight is 416 g/mol. The minimum Gasteiger partial charge on any atom is -0.491 e. The Labute approximate surface area is 174 Å². The van der Waals surface area contributed by atoms with Crippen molar-refractivity contribution in [1.29, 1.82) is 0 Å². The number of halogens is 1. The first kappa shape index (κ1) is 20.7. The van der Waals surface area contributed by atoms with E-state index in [0.29, 0.717) is 31.1 Å². The summed E-state index contributed by atoms with van der Waals surface area (Å²) in [6.45, 7) is 1.76. The van der Waals surface area contributed by atoms with Gasteiger partial charge >= 0.3 is 0 Å². The van der Waals surface area contributed by atoms with E-state index in [1.54, 1.807) is 29.7 Å². The summed E-state index contributed by atoms with van der Waals surface area (Å²) in [6, 6.07) is 10.8. The number of carbonyl (C=O) groups is 1. The maximum absolute atomic E-state index is 13.9. The first-order valence-corrected chi connectivity index (χ1v) is 10.0. The molecule has 160 valence electrons. The van der Waals surface area contributed by atoms with Gasteiger partial charge in [-0.15, -0.1) is 0 Å². The maximum atomic E-state index is 13.9. The molecule has 7 nitrogen and oxygen atoms in total. The largest absolute Gasteiger partial charge is 0.491 e. The smallest absolute Gasteiger partial charge is 0.274 e. The fourth-order valence-electron chi connectivity index (χ4n) is 4.16. The Morgan fingerprint density at radius 2 is 2.00 bits per heavy atom. The van der Waals surface area contributed by atoms with Crippen molar-refractivity contribution in [2.75, 3.05) is 19.8 Å². The minimum atomic E-state index is -0.753. The number of ether oxygens (including phenoxy) is 2. The summed E-state index contributed by atoms with van der Waals surface area (Å²) in [6.07, 6.45) is 0.741. The number of benzene rings is 2. The molecule has 2 aromatic rings. The molecule has 1 amide bonds. The summed E-state index contributed by atoms with van der Waals surface area (Å²) in [7, 11) is 0. The molecule has 1 unspecified atom stereocenters. The second-order valence-corrected chi connectivity index (χ2v) is 7.68. The van der Waals surface area contributed by atoms with Gasteiger partial charge in [0.25, 0.3) is 5.91 Å². The molecule has 2 heterocycles. The van der Waals surface area contributed by atoms with Gasteiger partial charge in [0.05, 0.1) is 6.04 Å². The van der Waals surface area contributed by atoms with Crippen LogP contribution in [0, 0.1) is 11.7 Å². The highest BCUT2D eigenvalue weighted by molar-refractivity contribution is 5.93. The number of hydroxylamine groups is 1. The lowest BCUT2D eigenvalue weighted by Gasteiger charge is -2.38. The zero-order valence-electron chi connectivity index (χ0n) is 16.5. The molecule has 8 heteroatoms. The topological polar surface area (TPSA) is 91.3 Å². The number of nitrogens with zero attached hydrogens (tertiary/aromatic N) is 1. The molecule has 2 atom stereocenters. The zero-order chi connectivity index (χ0) is 21.1. The highest BCUT2D eigenvalue weighted by atomic mass is 19.1. The van der Waals surface area contributed by atoms with Crippen LogP contribution in [0.25, 0.3) is 0 Å². The number of nitrogens with one attached hydrogen (secondary N) is 1. The number of aliphatic hydroxyl groups excluding tert-OH is 1. The molecule has 0 aliphatic carbocycles. The van der Waals surface area contributed by atoms with Gasteiger partial charge in [-0.05, 0) is 42.7 Å². The molecular weight excluding hydrogens is 391 g/mol. The van der Waals surface area contributed by atoms with Gasteiger partial charge in [-0.2, -0.15) is 0 Å². The van der Waals surface area contributed by atoms with Gasteiger partial charge in [0, 0.05) is 36.8 Å². The van der Waals surface area contributed by atoms with E-state index in [1.165, 1.54) is 12.1 Å². The number of fused-ring (bicyclic) bond motifs is 1. The fourth-order valence-corrected chi connectivity index (χ4v) is 4.16. The van der Waals surface area contributed by atoms with Crippen molar-refractivity contribution in [2.24, 2.45) is 5.92 Å². The molecule has 30 heavy (non-hydrogen) atoms. The molecule has 0 saturated carbocycles. The number of rotatable bonds is 4. The van der Waals surface area contributed by atoms with Gasteiger partial charge < -0.3 is 14.6 Å². The Kier molecular flexibility index (Phi) is 6.29. The monoisotopic (exact) mass is 416 g/mol. The SMILES string of the molecule is O=C(NO)c1ccc2c(c1)OC[C@H](c1cccc(F)c1)N(C(O)C1CCOCC1)C2. The quantitative estimate of drug-likeness (QED) is 0.524. The van der Waals surface area contributed by atoms with Gasteiger partial charge in [-0.3, -0.25) is 14.9 Å². The second-order valence-electron chi connectivity index (χ2n) is 7.68. The highest BCUT2D eigenvalue weighted by Gasteiger charge is 2.35. The molecular formula is C22H25FN2O5. The first-order chi connectivity index (χ1) is 14.6. The maximum Gasteiger partial charge on any atom is 0.274 e. The van der Waals surface area contributed by atoms with E-state index in [9.17, 15) is 14.3 Å². The molecule has 2 aliphatic heterocycles. The number of carbonyl (C=O) groups excluding carboxylic acids is 1. The summed E-state index contributed by atoms with van der Waals surface area (Å²) in [5.74, 6) is -0.446. The van der Waals surface area contributed by atoms with Crippen LogP contribution in [-0.2, 0) is 11.3 Å². The van der Waals surface area contributed by atoms with Gasteiger partial charge in [0.2, 0.25) is 0 Å². The molecule has 1 fully saturated rings. The van der Waals surface area contributed by atoms with E-state index in [-0.39, 0.29) is 29.9 Å². The third-order valence-corrected chi connectivity index (χ3v) is 5.84. The predicted molar refractivity (Wildman–Crippen MR) is 105 cm³/mol. The molecule has 0 radical (unpaired) electrons. The Bertz CT molecular complexity index is 903. The molecule has 2 aliphatic rings. The van der Waals surface area contributed by atoms with Crippen LogP contribution in [0.4, 0.5) is 4.39 Å². The molecule has 1 saturated heterocycles. The van der Waals surface area contributed by atoms with Gasteiger partial charge in [-0.25, -0.2) is 9.87 Å². The van der Waals surface area contributed by atoms with Crippen molar-refractivity contribution in [3.8, 4) is 5.75 Å². The Morgan fingerprint density at radius 1 is 1.20 bits per heavy atom. The van der Waals surface area contributed by atoms with Crippen LogP contribution in [0.3, 0.4) is 0 Å². The summed E-state index contributed by atoms with van der Waals surface area (Å²) >= 11 is 0. The Hall–Kier alpha value is -2.52. The zero-order valence-corrected chi connectivity index (χ0v) is 16.5. The van der Waals surface area contributed by atoms with Crippen LogP contribution in [0.5, 0.6) is 5.75 Å². The van der Waals surface area contributed by atoms with Crippen molar-refractivity contribution in [3.05, 3.63) is 65.0 Å². The standard InChI is InChI=1S/C22H25FN2O5/c23-18-3-1-2-15(10-18)19-13-30-20-11-16(21(26)24-28)4-5-17(20)12-25(19)22(27)14-6-8-29-9-7-14/h1-5,10-11,14,19,22,27-28H,6-9,12-13H2,(H,24,26)/t19-,22?/m1/s1. The van der Waals surface area contributed by atoms with Crippen LogP contribution >= 0.6 is 0 Å². The molecule has 3 N–H and O–H groups in total. The average Bonchev–Trinajstić information content (AvgIpc) is 2.98. The minimum absolute atomic E-state index is 0.0378. The van der Waals surface area contributed by atoms with Crippen molar-refractivity contribution >= 4 is 5.91 Å². The van der Waals surface area contributed by atoms with Crippen molar-refractivity contribution in [1.82, 2.24) is 10.4 Å². The van der Waals surface area contributed by atoms with Crippen molar-refractivity contribution in [2.45, 2.75) is 31.7 Å². The van der Waals surface area contributed by atoms with E-state index in [2.05, 4.69) is 0 Å². The van der Waals surface area contributed by atoms with Crippen molar-refractivity contribution in [3.63, 3.8) is 0 Å². The lowest BCUT2D eigenvalue weighted by Crippen LogP contribution is -2.45. The molecule has 4 rings (SSSR count). The molecule has 0 bridgehead atoms. The van der Waals surface area contributed by atoms with Gasteiger partial charge in [0.1, 0.15) is 24.4 Å². The highest BCUT2D eigenvalue weighted by Crippen LogP contribution is 2.36. The van der Waals surface area contributed by atoms with E-state index < -0.39 is 12.1 Å². The third kappa shape index (κ3) is 4.32. The fraction of sp³-hybridized carbons (Fsp3) is 0.409. The van der Waals surface area contributed by atoms with Crippen LogP contribution in [-0.4, -0.2) is 47.2 Å². The van der Waals surface area contributed by atoms with E-state index >= 15 is 0 Å². The van der Waals surface area contributed by atoms with Crippen LogP contribution in [0.2, 0.25) is 0 Å². The van der Waals surface area contributed by atoms with Crippen LogP contribution in [0.15, 0.2) is 42.5 Å². The number of amides is 1.